The first-order valence-corrected chi connectivity index (χ1v) is 6.92. The van der Waals surface area contributed by atoms with Crippen LogP contribution in [0.4, 0.5) is 4.79 Å². The topological polar surface area (TPSA) is 69.6 Å². The van der Waals surface area contributed by atoms with Crippen LogP contribution in [0.1, 0.15) is 31.9 Å². The first kappa shape index (κ1) is 17.0. The number of nitrogens with zero attached hydrogens (tertiary/aromatic N) is 1. The molecule has 0 aliphatic carbocycles. The SMILES string of the molecule is Cc1ccccc1CN(C)C(=O)N[C@@H](C(=O)O)C(C)(C)C. The number of carboxylic acid groups (broad SMARTS) is 1. The fraction of sp³-hybridized carbons (Fsp3) is 0.500. The van der Waals surface area contributed by atoms with E-state index in [1.807, 2.05) is 31.2 Å². The predicted octanol–water partition coefficient (Wildman–Crippen LogP) is 2.64. The zero-order valence-electron chi connectivity index (χ0n) is 13.3. The number of aliphatic carboxylic acids is 1. The molecule has 5 heteroatoms. The summed E-state index contributed by atoms with van der Waals surface area (Å²) in [6.07, 6.45) is 0. The number of hydrogen-bond acceptors (Lipinski definition) is 2. The summed E-state index contributed by atoms with van der Waals surface area (Å²) in [4.78, 5) is 24.9. The minimum atomic E-state index is -1.03. The van der Waals surface area contributed by atoms with Crippen LogP contribution in [-0.4, -0.2) is 35.1 Å². The Labute approximate surface area is 126 Å². The van der Waals surface area contributed by atoms with E-state index in [1.54, 1.807) is 27.8 Å². The molecule has 2 amide bonds. The van der Waals surface area contributed by atoms with Crippen LogP contribution < -0.4 is 5.32 Å². The summed E-state index contributed by atoms with van der Waals surface area (Å²) >= 11 is 0. The van der Waals surface area contributed by atoms with Crippen molar-refractivity contribution in [1.82, 2.24) is 10.2 Å². The van der Waals surface area contributed by atoms with Gasteiger partial charge in [-0.05, 0) is 23.5 Å². The average Bonchev–Trinajstić information content (AvgIpc) is 2.36. The summed E-state index contributed by atoms with van der Waals surface area (Å²) < 4.78 is 0. The molecule has 0 bridgehead atoms. The molecule has 0 saturated carbocycles. The monoisotopic (exact) mass is 292 g/mol. The lowest BCUT2D eigenvalue weighted by atomic mass is 9.87. The van der Waals surface area contributed by atoms with Gasteiger partial charge in [0.15, 0.2) is 0 Å². The van der Waals surface area contributed by atoms with Gasteiger partial charge in [0.05, 0.1) is 0 Å². The Kier molecular flexibility index (Phi) is 5.35. The van der Waals surface area contributed by atoms with Gasteiger partial charge in [-0.3, -0.25) is 0 Å². The number of carbonyl (C=O) groups excluding carboxylic acids is 1. The number of carbonyl (C=O) groups is 2. The molecule has 1 atom stereocenters. The van der Waals surface area contributed by atoms with E-state index in [1.165, 1.54) is 4.90 Å². The maximum absolute atomic E-state index is 12.2. The molecule has 0 aliphatic rings. The van der Waals surface area contributed by atoms with Crippen LogP contribution in [0.5, 0.6) is 0 Å². The molecule has 21 heavy (non-hydrogen) atoms. The molecule has 1 aromatic rings. The van der Waals surface area contributed by atoms with E-state index in [4.69, 9.17) is 0 Å². The third-order valence-electron chi connectivity index (χ3n) is 3.40. The summed E-state index contributed by atoms with van der Waals surface area (Å²) in [7, 11) is 1.66. The third-order valence-corrected chi connectivity index (χ3v) is 3.40. The van der Waals surface area contributed by atoms with Gasteiger partial charge in [0, 0.05) is 13.6 Å². The highest BCUT2D eigenvalue weighted by Gasteiger charge is 2.33. The Morgan fingerprint density at radius 2 is 1.86 bits per heavy atom. The van der Waals surface area contributed by atoms with E-state index in [-0.39, 0.29) is 6.03 Å². The van der Waals surface area contributed by atoms with Gasteiger partial charge >= 0.3 is 12.0 Å². The van der Waals surface area contributed by atoms with Gasteiger partial charge in [0.1, 0.15) is 6.04 Å². The molecular weight excluding hydrogens is 268 g/mol. The van der Waals surface area contributed by atoms with Crippen LogP contribution in [0.25, 0.3) is 0 Å². The molecule has 0 aromatic heterocycles. The Bertz CT molecular complexity index is 520. The Morgan fingerprint density at radius 3 is 2.33 bits per heavy atom. The van der Waals surface area contributed by atoms with E-state index in [9.17, 15) is 14.7 Å². The first-order valence-electron chi connectivity index (χ1n) is 6.92. The van der Waals surface area contributed by atoms with E-state index in [0.717, 1.165) is 11.1 Å². The number of carboxylic acids is 1. The van der Waals surface area contributed by atoms with Gasteiger partial charge in [-0.2, -0.15) is 0 Å². The van der Waals surface area contributed by atoms with E-state index in [2.05, 4.69) is 5.32 Å². The summed E-state index contributed by atoms with van der Waals surface area (Å²) in [5.74, 6) is -1.03. The highest BCUT2D eigenvalue weighted by molar-refractivity contribution is 5.83. The second-order valence-electron chi connectivity index (χ2n) is 6.37. The third kappa shape index (κ3) is 4.77. The van der Waals surface area contributed by atoms with Gasteiger partial charge in [-0.15, -0.1) is 0 Å². The van der Waals surface area contributed by atoms with Gasteiger partial charge in [-0.25, -0.2) is 9.59 Å². The Balaban J connectivity index is 2.75. The summed E-state index contributed by atoms with van der Waals surface area (Å²) in [6.45, 7) is 7.78. The minimum Gasteiger partial charge on any atom is -0.480 e. The molecule has 0 spiro atoms. The smallest absolute Gasteiger partial charge is 0.326 e. The van der Waals surface area contributed by atoms with Gasteiger partial charge < -0.3 is 15.3 Å². The average molecular weight is 292 g/mol. The number of urea groups is 1. The van der Waals surface area contributed by atoms with Crippen LogP contribution in [-0.2, 0) is 11.3 Å². The Hall–Kier alpha value is -2.04. The second kappa shape index (κ2) is 6.61. The van der Waals surface area contributed by atoms with Crippen molar-refractivity contribution in [3.8, 4) is 0 Å². The summed E-state index contributed by atoms with van der Waals surface area (Å²) in [6, 6.07) is 6.49. The molecule has 0 heterocycles. The highest BCUT2D eigenvalue weighted by Crippen LogP contribution is 2.20. The van der Waals surface area contributed by atoms with Crippen molar-refractivity contribution in [2.24, 2.45) is 5.41 Å². The van der Waals surface area contributed by atoms with Crippen molar-refractivity contribution in [2.45, 2.75) is 40.3 Å². The molecule has 0 aliphatic heterocycles. The number of benzene rings is 1. The molecule has 0 saturated heterocycles. The zero-order chi connectivity index (χ0) is 16.2. The van der Waals surface area contributed by atoms with Crippen molar-refractivity contribution in [1.29, 1.82) is 0 Å². The fourth-order valence-electron chi connectivity index (χ4n) is 2.00. The highest BCUT2D eigenvalue weighted by atomic mass is 16.4. The van der Waals surface area contributed by atoms with Crippen molar-refractivity contribution >= 4 is 12.0 Å². The standard InChI is InChI=1S/C16H24N2O3/c1-11-8-6-7-9-12(11)10-18(5)15(21)17-13(14(19)20)16(2,3)4/h6-9,13H,10H2,1-5H3,(H,17,21)(H,19,20)/t13-/m0/s1. The van der Waals surface area contributed by atoms with Crippen LogP contribution >= 0.6 is 0 Å². The Morgan fingerprint density at radius 1 is 1.29 bits per heavy atom. The maximum atomic E-state index is 12.2. The lowest BCUT2D eigenvalue weighted by Crippen LogP contribution is -2.52. The fourth-order valence-corrected chi connectivity index (χ4v) is 2.00. The zero-order valence-corrected chi connectivity index (χ0v) is 13.3. The van der Waals surface area contributed by atoms with E-state index < -0.39 is 17.4 Å². The molecule has 1 aromatic carbocycles. The van der Waals surface area contributed by atoms with Crippen molar-refractivity contribution in [3.63, 3.8) is 0 Å². The van der Waals surface area contributed by atoms with Gasteiger partial charge in [0.25, 0.3) is 0 Å². The number of amides is 2. The van der Waals surface area contributed by atoms with Gasteiger partial charge in [-0.1, -0.05) is 45.0 Å². The molecule has 0 fully saturated rings. The number of aryl methyl sites for hydroxylation is 1. The van der Waals surface area contributed by atoms with Crippen LogP contribution in [0, 0.1) is 12.3 Å². The lowest BCUT2D eigenvalue weighted by Gasteiger charge is -2.30. The molecule has 0 unspecified atom stereocenters. The molecule has 116 valence electrons. The van der Waals surface area contributed by atoms with Crippen LogP contribution in [0.15, 0.2) is 24.3 Å². The lowest BCUT2D eigenvalue weighted by molar-refractivity contribution is -0.142. The molecular formula is C16H24N2O3. The van der Waals surface area contributed by atoms with Crippen molar-refractivity contribution < 1.29 is 14.7 Å². The number of hydrogen-bond donors (Lipinski definition) is 2. The van der Waals surface area contributed by atoms with Crippen molar-refractivity contribution in [2.75, 3.05) is 7.05 Å². The van der Waals surface area contributed by atoms with Crippen LogP contribution in [0.2, 0.25) is 0 Å². The van der Waals surface area contributed by atoms with E-state index in [0.29, 0.717) is 6.54 Å². The van der Waals surface area contributed by atoms with Crippen molar-refractivity contribution in [3.05, 3.63) is 35.4 Å². The van der Waals surface area contributed by atoms with E-state index >= 15 is 0 Å². The van der Waals surface area contributed by atoms with Gasteiger partial charge in [0.2, 0.25) is 0 Å². The summed E-state index contributed by atoms with van der Waals surface area (Å²) in [5.41, 5.74) is 1.59. The molecule has 1 rings (SSSR count). The first-order chi connectivity index (χ1) is 9.62. The number of rotatable bonds is 4. The van der Waals surface area contributed by atoms with Crippen LogP contribution in [0.3, 0.4) is 0 Å². The largest absolute Gasteiger partial charge is 0.480 e. The molecule has 0 radical (unpaired) electrons. The normalized spacial score (nSPS) is 12.6. The minimum absolute atomic E-state index is 0.388. The second-order valence-corrected chi connectivity index (χ2v) is 6.37. The maximum Gasteiger partial charge on any atom is 0.326 e. The quantitative estimate of drug-likeness (QED) is 0.896. The molecule has 2 N–H and O–H groups in total. The predicted molar refractivity (Wildman–Crippen MR) is 82.1 cm³/mol. The summed E-state index contributed by atoms with van der Waals surface area (Å²) in [5, 5.41) is 11.8. The molecule has 5 nitrogen and oxygen atoms in total. The number of nitrogens with one attached hydrogen (secondary N) is 1.